The first-order valence-corrected chi connectivity index (χ1v) is 5.63. The molecule has 2 rings (SSSR count). The van der Waals surface area contributed by atoms with Crippen LogP contribution in [0, 0.1) is 6.92 Å². The fourth-order valence-corrected chi connectivity index (χ4v) is 1.58. The summed E-state index contributed by atoms with van der Waals surface area (Å²) in [7, 11) is 0. The molecule has 2 aromatic carbocycles. The molecule has 0 radical (unpaired) electrons. The van der Waals surface area contributed by atoms with Crippen LogP contribution in [-0.4, -0.2) is 5.11 Å². The predicted octanol–water partition coefficient (Wildman–Crippen LogP) is 4.39. The van der Waals surface area contributed by atoms with E-state index in [1.54, 1.807) is 6.07 Å². The maximum atomic E-state index is 9.69. The van der Waals surface area contributed by atoms with Crippen molar-refractivity contribution in [2.45, 2.75) is 20.8 Å². The quantitative estimate of drug-likeness (QED) is 0.746. The van der Waals surface area contributed by atoms with Gasteiger partial charge in [-0.3, -0.25) is 0 Å². The lowest BCUT2D eigenvalue weighted by molar-refractivity contribution is 0.477. The Morgan fingerprint density at radius 2 is 1.25 bits per heavy atom. The van der Waals surface area contributed by atoms with Crippen LogP contribution in [0.1, 0.15) is 19.4 Å². The Bertz CT molecular complexity index is 403. The van der Waals surface area contributed by atoms with Gasteiger partial charge in [0.05, 0.1) is 0 Å². The van der Waals surface area contributed by atoms with Gasteiger partial charge < -0.3 is 5.11 Å². The lowest BCUT2D eigenvalue weighted by Gasteiger charge is -2.06. The van der Waals surface area contributed by atoms with E-state index in [-0.39, 0.29) is 0 Å². The average molecular weight is 214 g/mol. The summed E-state index contributed by atoms with van der Waals surface area (Å²) in [5, 5.41) is 9.69. The second kappa shape index (κ2) is 5.96. The Kier molecular flexibility index (Phi) is 4.59. The molecule has 2 aromatic rings. The van der Waals surface area contributed by atoms with Crippen LogP contribution in [0.2, 0.25) is 0 Å². The molecule has 0 bridgehead atoms. The fraction of sp³-hybridized carbons (Fsp3) is 0.200. The molecule has 0 saturated carbocycles. The summed E-state index contributed by atoms with van der Waals surface area (Å²) in [6.07, 6.45) is 0. The molecule has 1 N–H and O–H groups in total. The van der Waals surface area contributed by atoms with Gasteiger partial charge in [-0.05, 0) is 24.1 Å². The van der Waals surface area contributed by atoms with E-state index in [0.717, 1.165) is 11.1 Å². The van der Waals surface area contributed by atoms with Gasteiger partial charge in [0.1, 0.15) is 5.75 Å². The number of benzene rings is 2. The molecule has 16 heavy (non-hydrogen) atoms. The van der Waals surface area contributed by atoms with Crippen molar-refractivity contribution in [1.82, 2.24) is 0 Å². The molecule has 0 unspecified atom stereocenters. The lowest BCUT2D eigenvalue weighted by atomic mass is 10.0. The predicted molar refractivity (Wildman–Crippen MR) is 69.6 cm³/mol. The summed E-state index contributed by atoms with van der Waals surface area (Å²) in [6.45, 7) is 6.04. The van der Waals surface area contributed by atoms with Gasteiger partial charge in [-0.15, -0.1) is 0 Å². The Morgan fingerprint density at radius 1 is 0.750 bits per heavy atom. The van der Waals surface area contributed by atoms with Crippen molar-refractivity contribution in [2.75, 3.05) is 0 Å². The van der Waals surface area contributed by atoms with Crippen molar-refractivity contribution >= 4 is 0 Å². The maximum Gasteiger partial charge on any atom is 0.123 e. The number of para-hydroxylation sites is 1. The Labute approximate surface area is 97.4 Å². The number of hydrogen-bond acceptors (Lipinski definition) is 1. The molecule has 0 spiro atoms. The van der Waals surface area contributed by atoms with Gasteiger partial charge in [0, 0.05) is 5.56 Å². The maximum absolute atomic E-state index is 9.69. The van der Waals surface area contributed by atoms with Gasteiger partial charge in [0.25, 0.3) is 0 Å². The normalized spacial score (nSPS) is 9.19. The number of hydrogen-bond donors (Lipinski definition) is 1. The minimum Gasteiger partial charge on any atom is -0.507 e. The summed E-state index contributed by atoms with van der Waals surface area (Å²) in [5.41, 5.74) is 3.16. The highest BCUT2D eigenvalue weighted by Crippen LogP contribution is 2.30. The fourth-order valence-electron chi connectivity index (χ4n) is 1.58. The Hall–Kier alpha value is -1.76. The minimum absolute atomic E-state index is 0.335. The van der Waals surface area contributed by atoms with E-state index in [4.69, 9.17) is 0 Å². The second-order valence-electron chi connectivity index (χ2n) is 3.33. The second-order valence-corrected chi connectivity index (χ2v) is 3.33. The zero-order valence-corrected chi connectivity index (χ0v) is 10.1. The third kappa shape index (κ3) is 2.63. The van der Waals surface area contributed by atoms with Crippen LogP contribution < -0.4 is 0 Å². The van der Waals surface area contributed by atoms with Crippen LogP contribution in [-0.2, 0) is 0 Å². The van der Waals surface area contributed by atoms with E-state index >= 15 is 0 Å². The van der Waals surface area contributed by atoms with Crippen LogP contribution in [0.25, 0.3) is 11.1 Å². The summed E-state index contributed by atoms with van der Waals surface area (Å²) >= 11 is 0. The standard InChI is InChI=1S/C13H12O.C2H6/c1-10-6-2-3-7-11(10)12-8-4-5-9-13(12)14;1-2/h2-9,14H,1H3;1-2H3. The molecule has 0 aliphatic carbocycles. The molecule has 0 amide bonds. The number of phenols is 1. The molecule has 0 aliphatic heterocycles. The molecule has 1 nitrogen and oxygen atoms in total. The number of rotatable bonds is 1. The molecule has 0 aliphatic rings. The van der Waals surface area contributed by atoms with Crippen LogP contribution in [0.3, 0.4) is 0 Å². The zero-order valence-electron chi connectivity index (χ0n) is 10.1. The molecule has 1 heteroatoms. The summed E-state index contributed by atoms with van der Waals surface area (Å²) in [5.74, 6) is 0.335. The topological polar surface area (TPSA) is 20.2 Å². The van der Waals surface area contributed by atoms with E-state index in [9.17, 15) is 5.11 Å². The molecule has 0 aromatic heterocycles. The van der Waals surface area contributed by atoms with E-state index in [1.807, 2.05) is 63.2 Å². The van der Waals surface area contributed by atoms with Gasteiger partial charge >= 0.3 is 0 Å². The van der Waals surface area contributed by atoms with Crippen molar-refractivity contribution in [3.05, 3.63) is 54.1 Å². The Balaban J connectivity index is 0.000000606. The van der Waals surface area contributed by atoms with E-state index in [0.29, 0.717) is 5.75 Å². The van der Waals surface area contributed by atoms with Gasteiger partial charge in [-0.25, -0.2) is 0 Å². The highest BCUT2D eigenvalue weighted by atomic mass is 16.3. The van der Waals surface area contributed by atoms with Crippen LogP contribution in [0.15, 0.2) is 48.5 Å². The van der Waals surface area contributed by atoms with Crippen LogP contribution in [0.4, 0.5) is 0 Å². The molecule has 0 fully saturated rings. The number of phenolic OH excluding ortho intramolecular Hbond substituents is 1. The van der Waals surface area contributed by atoms with E-state index in [1.165, 1.54) is 5.56 Å². The first-order chi connectivity index (χ1) is 7.79. The Morgan fingerprint density at radius 3 is 1.81 bits per heavy atom. The zero-order chi connectivity index (χ0) is 12.0. The molecule has 0 atom stereocenters. The number of aromatic hydroxyl groups is 1. The van der Waals surface area contributed by atoms with E-state index < -0.39 is 0 Å². The van der Waals surface area contributed by atoms with Gasteiger partial charge in [0.2, 0.25) is 0 Å². The van der Waals surface area contributed by atoms with Crippen LogP contribution >= 0.6 is 0 Å². The highest BCUT2D eigenvalue weighted by molar-refractivity contribution is 5.72. The van der Waals surface area contributed by atoms with Gasteiger partial charge in [0.15, 0.2) is 0 Å². The molecule has 84 valence electrons. The highest BCUT2D eigenvalue weighted by Gasteiger charge is 2.04. The molecule has 0 heterocycles. The van der Waals surface area contributed by atoms with Crippen LogP contribution in [0.5, 0.6) is 5.75 Å². The summed E-state index contributed by atoms with van der Waals surface area (Å²) < 4.78 is 0. The lowest BCUT2D eigenvalue weighted by Crippen LogP contribution is -1.82. The average Bonchev–Trinajstić information content (AvgIpc) is 2.34. The van der Waals surface area contributed by atoms with Crippen molar-refractivity contribution in [3.63, 3.8) is 0 Å². The third-order valence-corrected chi connectivity index (χ3v) is 2.34. The van der Waals surface area contributed by atoms with Gasteiger partial charge in [-0.1, -0.05) is 56.3 Å². The largest absolute Gasteiger partial charge is 0.507 e. The minimum atomic E-state index is 0.335. The van der Waals surface area contributed by atoms with Crippen molar-refractivity contribution < 1.29 is 5.11 Å². The first-order valence-electron chi connectivity index (χ1n) is 5.63. The third-order valence-electron chi connectivity index (χ3n) is 2.34. The van der Waals surface area contributed by atoms with Gasteiger partial charge in [-0.2, -0.15) is 0 Å². The van der Waals surface area contributed by atoms with Crippen molar-refractivity contribution in [2.24, 2.45) is 0 Å². The summed E-state index contributed by atoms with van der Waals surface area (Å²) in [6, 6.07) is 15.4. The smallest absolute Gasteiger partial charge is 0.123 e. The molecule has 0 saturated heterocycles. The molecular formula is C15H18O. The summed E-state index contributed by atoms with van der Waals surface area (Å²) in [4.78, 5) is 0. The van der Waals surface area contributed by atoms with Crippen molar-refractivity contribution in [3.8, 4) is 16.9 Å². The molecular weight excluding hydrogens is 196 g/mol. The SMILES string of the molecule is CC.Cc1ccccc1-c1ccccc1O. The monoisotopic (exact) mass is 214 g/mol. The van der Waals surface area contributed by atoms with E-state index in [2.05, 4.69) is 0 Å². The number of aryl methyl sites for hydroxylation is 1. The van der Waals surface area contributed by atoms with Crippen molar-refractivity contribution in [1.29, 1.82) is 0 Å². The first kappa shape index (κ1) is 12.3.